The van der Waals surface area contributed by atoms with Crippen molar-refractivity contribution in [3.05, 3.63) is 59.7 Å². The summed E-state index contributed by atoms with van der Waals surface area (Å²) in [5.41, 5.74) is 9.38. The molecular weight excluding hydrogens is 317 g/mol. The average molecular weight is 341 g/mol. The maximum Gasteiger partial charge on any atom is 0.191 e. The molecule has 1 aromatic heterocycles. The van der Waals surface area contributed by atoms with Crippen molar-refractivity contribution in [3.8, 4) is 0 Å². The Morgan fingerprint density at radius 2 is 1.88 bits per heavy atom. The first-order valence-electron chi connectivity index (χ1n) is 8.65. The van der Waals surface area contributed by atoms with E-state index in [2.05, 4.69) is 32.8 Å². The first-order chi connectivity index (χ1) is 12.2. The van der Waals surface area contributed by atoms with Gasteiger partial charge in [0.25, 0.3) is 0 Å². The van der Waals surface area contributed by atoms with Crippen molar-refractivity contribution in [3.63, 3.8) is 0 Å². The van der Waals surface area contributed by atoms with E-state index in [9.17, 15) is 4.39 Å². The van der Waals surface area contributed by atoms with Gasteiger partial charge in [0.2, 0.25) is 0 Å². The van der Waals surface area contributed by atoms with Gasteiger partial charge in [-0.2, -0.15) is 0 Å². The Labute approximate surface area is 148 Å². The lowest BCUT2D eigenvalue weighted by Crippen LogP contribution is -2.51. The smallest absolute Gasteiger partial charge is 0.191 e. The van der Waals surface area contributed by atoms with Gasteiger partial charge in [-0.3, -0.25) is 4.98 Å². The third-order valence-electron chi connectivity index (χ3n) is 4.49. The Balaban J connectivity index is 1.55. The number of anilines is 1. The zero-order valence-electron chi connectivity index (χ0n) is 14.5. The van der Waals surface area contributed by atoms with Crippen LogP contribution in [0.15, 0.2) is 47.6 Å². The molecule has 2 aromatic rings. The van der Waals surface area contributed by atoms with Gasteiger partial charge in [0.15, 0.2) is 5.96 Å². The Morgan fingerprint density at radius 1 is 1.16 bits per heavy atom. The molecule has 25 heavy (non-hydrogen) atoms. The van der Waals surface area contributed by atoms with Crippen LogP contribution in [0.25, 0.3) is 0 Å². The fourth-order valence-corrected chi connectivity index (χ4v) is 2.94. The molecule has 1 saturated heterocycles. The first-order valence-corrected chi connectivity index (χ1v) is 8.65. The van der Waals surface area contributed by atoms with Crippen LogP contribution in [0.2, 0.25) is 0 Å². The van der Waals surface area contributed by atoms with Crippen molar-refractivity contribution >= 4 is 11.6 Å². The summed E-state index contributed by atoms with van der Waals surface area (Å²) in [6, 6.07) is 10.7. The highest BCUT2D eigenvalue weighted by Gasteiger charge is 2.18. The van der Waals surface area contributed by atoms with Gasteiger partial charge in [-0.1, -0.05) is 6.92 Å². The molecule has 0 amide bonds. The maximum absolute atomic E-state index is 13.0. The highest BCUT2D eigenvalue weighted by atomic mass is 19.1. The van der Waals surface area contributed by atoms with E-state index in [1.54, 1.807) is 0 Å². The van der Waals surface area contributed by atoms with Crippen LogP contribution in [0.5, 0.6) is 0 Å². The summed E-state index contributed by atoms with van der Waals surface area (Å²) in [4.78, 5) is 13.2. The number of hydrogen-bond acceptors (Lipinski definition) is 3. The Morgan fingerprint density at radius 3 is 2.56 bits per heavy atom. The van der Waals surface area contributed by atoms with E-state index in [0.717, 1.165) is 44.0 Å². The second-order valence-corrected chi connectivity index (χ2v) is 6.13. The maximum atomic E-state index is 13.0. The van der Waals surface area contributed by atoms with Crippen LogP contribution in [0.3, 0.4) is 0 Å². The van der Waals surface area contributed by atoms with E-state index in [0.29, 0.717) is 12.5 Å². The van der Waals surface area contributed by atoms with Crippen LogP contribution in [0.4, 0.5) is 10.1 Å². The Kier molecular flexibility index (Phi) is 5.48. The molecule has 0 aliphatic carbocycles. The van der Waals surface area contributed by atoms with Gasteiger partial charge in [-0.15, -0.1) is 0 Å². The minimum absolute atomic E-state index is 0.209. The normalized spacial score (nSPS) is 15.5. The molecule has 0 unspecified atom stereocenters. The second-order valence-electron chi connectivity index (χ2n) is 6.13. The predicted octanol–water partition coefficient (Wildman–Crippen LogP) is 2.42. The molecule has 2 N–H and O–H groups in total. The minimum atomic E-state index is -0.209. The summed E-state index contributed by atoms with van der Waals surface area (Å²) in [7, 11) is 0. The van der Waals surface area contributed by atoms with Gasteiger partial charge in [-0.25, -0.2) is 9.38 Å². The summed E-state index contributed by atoms with van der Waals surface area (Å²) in [6.07, 6.45) is 2.81. The largest absolute Gasteiger partial charge is 0.370 e. The lowest BCUT2D eigenvalue weighted by Gasteiger charge is -2.36. The lowest BCUT2D eigenvalue weighted by molar-refractivity contribution is 0.380. The van der Waals surface area contributed by atoms with Crippen LogP contribution in [0, 0.1) is 5.82 Å². The number of aromatic nitrogens is 1. The van der Waals surface area contributed by atoms with E-state index in [1.165, 1.54) is 17.7 Å². The third kappa shape index (κ3) is 4.47. The van der Waals surface area contributed by atoms with E-state index in [-0.39, 0.29) is 5.82 Å². The number of pyridine rings is 1. The summed E-state index contributed by atoms with van der Waals surface area (Å²) in [5.74, 6) is 0.349. The highest BCUT2D eigenvalue weighted by molar-refractivity contribution is 5.78. The number of guanidine groups is 1. The van der Waals surface area contributed by atoms with Gasteiger partial charge < -0.3 is 15.5 Å². The van der Waals surface area contributed by atoms with Gasteiger partial charge >= 0.3 is 0 Å². The molecule has 1 aliphatic heterocycles. The summed E-state index contributed by atoms with van der Waals surface area (Å²) in [6.45, 7) is 5.90. The quantitative estimate of drug-likeness (QED) is 0.685. The number of nitrogens with two attached hydrogens (primary N) is 1. The predicted molar refractivity (Wildman–Crippen MR) is 99.1 cm³/mol. The van der Waals surface area contributed by atoms with E-state index < -0.39 is 0 Å². The Bertz CT molecular complexity index is 721. The zero-order chi connectivity index (χ0) is 17.6. The lowest BCUT2D eigenvalue weighted by atomic mass is 10.2. The SMILES string of the molecule is CCc1ccnc(CN=C(N)N2CCN(c3ccc(F)cc3)CC2)c1. The van der Waals surface area contributed by atoms with E-state index in [1.807, 2.05) is 24.4 Å². The van der Waals surface area contributed by atoms with Crippen molar-refractivity contribution in [1.82, 2.24) is 9.88 Å². The third-order valence-corrected chi connectivity index (χ3v) is 4.49. The van der Waals surface area contributed by atoms with Crippen LogP contribution < -0.4 is 10.6 Å². The molecule has 5 nitrogen and oxygen atoms in total. The van der Waals surface area contributed by atoms with Crippen molar-refractivity contribution in [1.29, 1.82) is 0 Å². The molecule has 1 aliphatic rings. The number of nitrogens with zero attached hydrogens (tertiary/aromatic N) is 4. The van der Waals surface area contributed by atoms with Crippen molar-refractivity contribution < 1.29 is 4.39 Å². The minimum Gasteiger partial charge on any atom is -0.370 e. The second kappa shape index (κ2) is 7.96. The molecular formula is C19H24FN5. The van der Waals surface area contributed by atoms with Gasteiger partial charge in [0.1, 0.15) is 5.82 Å². The van der Waals surface area contributed by atoms with Gasteiger partial charge in [0, 0.05) is 38.1 Å². The number of aryl methyl sites for hydroxylation is 1. The van der Waals surface area contributed by atoms with Crippen molar-refractivity contribution in [2.24, 2.45) is 10.7 Å². The van der Waals surface area contributed by atoms with Crippen LogP contribution >= 0.6 is 0 Å². The number of benzene rings is 1. The molecule has 132 valence electrons. The van der Waals surface area contributed by atoms with Crippen LogP contribution in [0.1, 0.15) is 18.2 Å². The van der Waals surface area contributed by atoms with Crippen LogP contribution in [-0.4, -0.2) is 42.0 Å². The number of piperazine rings is 1. The van der Waals surface area contributed by atoms with Gasteiger partial charge in [-0.05, 0) is 48.4 Å². The molecule has 0 spiro atoms. The number of aliphatic imine (C=N–C) groups is 1. The van der Waals surface area contributed by atoms with Crippen molar-refractivity contribution in [2.75, 3.05) is 31.1 Å². The van der Waals surface area contributed by atoms with Crippen LogP contribution in [-0.2, 0) is 13.0 Å². The molecule has 1 fully saturated rings. The molecule has 0 atom stereocenters. The molecule has 0 bridgehead atoms. The number of hydrogen-bond donors (Lipinski definition) is 1. The molecule has 2 heterocycles. The summed E-state index contributed by atoms with van der Waals surface area (Å²) >= 11 is 0. The molecule has 0 radical (unpaired) electrons. The average Bonchev–Trinajstić information content (AvgIpc) is 2.67. The molecule has 1 aromatic carbocycles. The topological polar surface area (TPSA) is 57.8 Å². The summed E-state index contributed by atoms with van der Waals surface area (Å²) < 4.78 is 13.0. The van der Waals surface area contributed by atoms with E-state index in [4.69, 9.17) is 5.73 Å². The first kappa shape index (κ1) is 17.2. The fraction of sp³-hybridized carbons (Fsp3) is 0.368. The van der Waals surface area contributed by atoms with E-state index >= 15 is 0 Å². The molecule has 3 rings (SSSR count). The Hall–Kier alpha value is -2.63. The number of halogens is 1. The molecule has 6 heteroatoms. The zero-order valence-corrected chi connectivity index (χ0v) is 14.5. The molecule has 0 saturated carbocycles. The fourth-order valence-electron chi connectivity index (χ4n) is 2.94. The number of rotatable bonds is 4. The monoisotopic (exact) mass is 341 g/mol. The summed E-state index contributed by atoms with van der Waals surface area (Å²) in [5, 5.41) is 0. The standard InChI is InChI=1S/C19H24FN5/c1-2-15-7-8-22-17(13-15)14-23-19(21)25-11-9-24(10-12-25)18-5-3-16(20)4-6-18/h3-8,13H,2,9-12,14H2,1H3,(H2,21,23). The van der Waals surface area contributed by atoms with Crippen molar-refractivity contribution in [2.45, 2.75) is 19.9 Å². The highest BCUT2D eigenvalue weighted by Crippen LogP contribution is 2.16. The van der Waals surface area contributed by atoms with Gasteiger partial charge in [0.05, 0.1) is 12.2 Å².